The van der Waals surface area contributed by atoms with Crippen LogP contribution in [0.25, 0.3) is 0 Å². The van der Waals surface area contributed by atoms with E-state index >= 15 is 0 Å². The fourth-order valence-electron chi connectivity index (χ4n) is 1.98. The molecule has 1 aromatic heterocycles. The number of rotatable bonds is 2. The number of amides is 2. The number of hydrogen-bond donors (Lipinski definition) is 2. The highest BCUT2D eigenvalue weighted by molar-refractivity contribution is 5.72. The molecule has 104 valence electrons. The summed E-state index contributed by atoms with van der Waals surface area (Å²) in [6, 6.07) is 0. The van der Waals surface area contributed by atoms with Crippen molar-refractivity contribution in [2.24, 2.45) is 0 Å². The number of carbonyl (C=O) groups excluding carboxylic acids is 2. The Morgan fingerprint density at radius 1 is 1.53 bits per heavy atom. The van der Waals surface area contributed by atoms with Crippen molar-refractivity contribution in [3.05, 3.63) is 11.3 Å². The molecule has 0 aromatic carbocycles. The molecule has 2 rings (SSSR count). The van der Waals surface area contributed by atoms with Crippen LogP contribution < -0.4 is 5.32 Å². The minimum Gasteiger partial charge on any atom is -0.444 e. The second-order valence-corrected chi connectivity index (χ2v) is 5.44. The van der Waals surface area contributed by atoms with Gasteiger partial charge in [-0.05, 0) is 27.2 Å². The summed E-state index contributed by atoms with van der Waals surface area (Å²) >= 11 is 0. The number of nitrogens with one attached hydrogen (secondary N) is 2. The first-order valence-corrected chi connectivity index (χ1v) is 6.15. The fraction of sp³-hybridized carbons (Fsp3) is 0.583. The van der Waals surface area contributed by atoms with Gasteiger partial charge in [-0.15, -0.1) is 0 Å². The highest BCUT2D eigenvalue weighted by Crippen LogP contribution is 2.24. The predicted octanol–water partition coefficient (Wildman–Crippen LogP) is 1.27. The van der Waals surface area contributed by atoms with E-state index in [4.69, 9.17) is 4.74 Å². The minimum absolute atomic E-state index is 0.336. The van der Waals surface area contributed by atoms with Crippen LogP contribution in [0.1, 0.15) is 32.0 Å². The van der Waals surface area contributed by atoms with Gasteiger partial charge in [-0.3, -0.25) is 9.89 Å². The Bertz CT molecular complexity index is 490. The fourth-order valence-corrected chi connectivity index (χ4v) is 1.98. The van der Waals surface area contributed by atoms with E-state index in [9.17, 15) is 9.59 Å². The van der Waals surface area contributed by atoms with Gasteiger partial charge in [0, 0.05) is 12.1 Å². The van der Waals surface area contributed by atoms with Gasteiger partial charge in [0.2, 0.25) is 6.41 Å². The summed E-state index contributed by atoms with van der Waals surface area (Å²) in [6.07, 6.45) is 0.899. The number of carbonyl (C=O) groups is 2. The van der Waals surface area contributed by atoms with Crippen LogP contribution in [-0.4, -0.2) is 39.7 Å². The Hall–Kier alpha value is -2.05. The number of fused-ring (bicyclic) bond motifs is 1. The summed E-state index contributed by atoms with van der Waals surface area (Å²) in [5, 5.41) is 9.39. The van der Waals surface area contributed by atoms with Gasteiger partial charge < -0.3 is 15.0 Å². The van der Waals surface area contributed by atoms with E-state index in [0.717, 1.165) is 11.3 Å². The van der Waals surface area contributed by atoms with Crippen molar-refractivity contribution in [2.45, 2.75) is 39.3 Å². The zero-order valence-electron chi connectivity index (χ0n) is 11.3. The third-order valence-corrected chi connectivity index (χ3v) is 2.78. The van der Waals surface area contributed by atoms with Crippen LogP contribution >= 0.6 is 0 Å². The van der Waals surface area contributed by atoms with Gasteiger partial charge in [-0.2, -0.15) is 5.10 Å². The summed E-state index contributed by atoms with van der Waals surface area (Å²) in [5.74, 6) is 0.536. The first kappa shape index (κ1) is 13.4. The molecular weight excluding hydrogens is 248 g/mol. The number of ether oxygens (including phenoxy) is 1. The average molecular weight is 266 g/mol. The largest absolute Gasteiger partial charge is 0.444 e. The van der Waals surface area contributed by atoms with Gasteiger partial charge in [0.1, 0.15) is 5.60 Å². The minimum atomic E-state index is -0.504. The van der Waals surface area contributed by atoms with E-state index in [1.807, 2.05) is 20.8 Å². The molecule has 0 saturated carbocycles. The van der Waals surface area contributed by atoms with Crippen molar-refractivity contribution in [3.63, 3.8) is 0 Å². The molecule has 19 heavy (non-hydrogen) atoms. The highest BCUT2D eigenvalue weighted by Gasteiger charge is 2.28. The molecule has 2 N–H and O–H groups in total. The summed E-state index contributed by atoms with van der Waals surface area (Å²) in [4.78, 5) is 24.0. The maximum atomic E-state index is 12.0. The third kappa shape index (κ3) is 3.04. The lowest BCUT2D eigenvalue weighted by Crippen LogP contribution is -2.39. The summed E-state index contributed by atoms with van der Waals surface area (Å²) < 4.78 is 5.33. The second-order valence-electron chi connectivity index (χ2n) is 5.44. The molecule has 1 aliphatic rings. The molecule has 0 bridgehead atoms. The first-order chi connectivity index (χ1) is 8.90. The Kier molecular flexibility index (Phi) is 3.46. The van der Waals surface area contributed by atoms with Gasteiger partial charge in [0.15, 0.2) is 5.82 Å². The molecule has 0 unspecified atom stereocenters. The van der Waals surface area contributed by atoms with Crippen LogP contribution in [0.15, 0.2) is 0 Å². The maximum absolute atomic E-state index is 12.0. The molecule has 0 saturated heterocycles. The topological polar surface area (TPSA) is 87.3 Å². The summed E-state index contributed by atoms with van der Waals surface area (Å²) in [6.45, 7) is 6.47. The molecule has 7 nitrogen and oxygen atoms in total. The lowest BCUT2D eigenvalue weighted by Gasteiger charge is -2.29. The molecule has 0 radical (unpaired) electrons. The van der Waals surface area contributed by atoms with E-state index < -0.39 is 5.60 Å². The molecule has 0 fully saturated rings. The molecule has 1 aliphatic heterocycles. The van der Waals surface area contributed by atoms with Gasteiger partial charge in [0.25, 0.3) is 0 Å². The molecule has 2 heterocycles. The van der Waals surface area contributed by atoms with Gasteiger partial charge >= 0.3 is 6.09 Å². The maximum Gasteiger partial charge on any atom is 0.410 e. The number of nitrogens with zero attached hydrogens (tertiary/aromatic N) is 2. The zero-order chi connectivity index (χ0) is 14.0. The lowest BCUT2D eigenvalue weighted by atomic mass is 10.1. The molecule has 0 spiro atoms. The smallest absolute Gasteiger partial charge is 0.410 e. The number of hydrogen-bond acceptors (Lipinski definition) is 4. The van der Waals surface area contributed by atoms with Crippen LogP contribution in [-0.2, 0) is 22.5 Å². The van der Waals surface area contributed by atoms with E-state index in [1.54, 1.807) is 4.90 Å². The van der Waals surface area contributed by atoms with Gasteiger partial charge in [-0.25, -0.2) is 4.79 Å². The standard InChI is InChI=1S/C12H18N4O3/c1-12(2,3)19-11(18)16-5-4-8-9(6-16)14-15-10(8)13-7-17/h7H,4-6H2,1-3H3,(H2,13,14,15,17). The molecule has 0 atom stereocenters. The zero-order valence-corrected chi connectivity index (χ0v) is 11.3. The Morgan fingerprint density at radius 3 is 2.89 bits per heavy atom. The van der Waals surface area contributed by atoms with Crippen molar-refractivity contribution >= 4 is 18.3 Å². The van der Waals surface area contributed by atoms with Crippen LogP contribution in [0.5, 0.6) is 0 Å². The van der Waals surface area contributed by atoms with E-state index in [-0.39, 0.29) is 6.09 Å². The normalized spacial score (nSPS) is 14.8. The van der Waals surface area contributed by atoms with Crippen LogP contribution in [0.4, 0.5) is 10.6 Å². The molecular formula is C12H18N4O3. The second kappa shape index (κ2) is 4.91. The number of H-pyrrole nitrogens is 1. The Labute approximate surface area is 111 Å². The number of aromatic amines is 1. The number of aromatic nitrogens is 2. The SMILES string of the molecule is CC(C)(C)OC(=O)N1CCc2c(NC=O)n[nH]c2C1. The van der Waals surface area contributed by atoms with Crippen molar-refractivity contribution in [2.75, 3.05) is 11.9 Å². The molecule has 1 aromatic rings. The monoisotopic (exact) mass is 266 g/mol. The van der Waals surface area contributed by atoms with E-state index in [1.165, 1.54) is 0 Å². The lowest BCUT2D eigenvalue weighted by molar-refractivity contribution is -0.105. The first-order valence-electron chi connectivity index (χ1n) is 6.15. The van der Waals surface area contributed by atoms with Gasteiger partial charge in [0.05, 0.1) is 12.2 Å². The molecule has 7 heteroatoms. The van der Waals surface area contributed by atoms with E-state index in [2.05, 4.69) is 15.5 Å². The summed E-state index contributed by atoms with van der Waals surface area (Å²) in [7, 11) is 0. The number of anilines is 1. The Morgan fingerprint density at radius 2 is 2.26 bits per heavy atom. The summed E-state index contributed by atoms with van der Waals surface area (Å²) in [5.41, 5.74) is 1.28. The average Bonchev–Trinajstić information content (AvgIpc) is 2.70. The van der Waals surface area contributed by atoms with Crippen molar-refractivity contribution in [1.82, 2.24) is 15.1 Å². The van der Waals surface area contributed by atoms with Crippen LogP contribution in [0, 0.1) is 0 Å². The third-order valence-electron chi connectivity index (χ3n) is 2.78. The van der Waals surface area contributed by atoms with Crippen LogP contribution in [0.3, 0.4) is 0 Å². The molecule has 0 aliphatic carbocycles. The quantitative estimate of drug-likeness (QED) is 0.789. The van der Waals surface area contributed by atoms with Crippen LogP contribution in [0.2, 0.25) is 0 Å². The predicted molar refractivity (Wildman–Crippen MR) is 68.6 cm³/mol. The molecule has 2 amide bonds. The highest BCUT2D eigenvalue weighted by atomic mass is 16.6. The van der Waals surface area contributed by atoms with Crippen molar-refractivity contribution in [3.8, 4) is 0 Å². The Balaban J connectivity index is 2.06. The van der Waals surface area contributed by atoms with Gasteiger partial charge in [-0.1, -0.05) is 0 Å². The van der Waals surface area contributed by atoms with E-state index in [0.29, 0.717) is 31.7 Å². The van der Waals surface area contributed by atoms with Crippen molar-refractivity contribution in [1.29, 1.82) is 0 Å². The van der Waals surface area contributed by atoms with Crippen molar-refractivity contribution < 1.29 is 14.3 Å².